The highest BCUT2D eigenvalue weighted by atomic mass is 16.7. The van der Waals surface area contributed by atoms with E-state index in [-0.39, 0.29) is 37.3 Å². The van der Waals surface area contributed by atoms with Crippen molar-refractivity contribution in [3.05, 3.63) is 41.5 Å². The van der Waals surface area contributed by atoms with Gasteiger partial charge in [0.15, 0.2) is 0 Å². The van der Waals surface area contributed by atoms with Gasteiger partial charge in [-0.2, -0.15) is 0 Å². The lowest BCUT2D eigenvalue weighted by atomic mass is 10.0. The lowest BCUT2D eigenvalue weighted by molar-refractivity contribution is -0.212. The molecule has 0 fully saturated rings. The van der Waals surface area contributed by atoms with Crippen molar-refractivity contribution in [3.8, 4) is 0 Å². The number of carbonyl (C=O) groups is 2. The molecule has 0 spiro atoms. The smallest absolute Gasteiger partial charge is 0.385 e. The van der Waals surface area contributed by atoms with Gasteiger partial charge in [-0.15, -0.1) is 0 Å². The minimum atomic E-state index is -2.29. The predicted molar refractivity (Wildman–Crippen MR) is 85.7 cm³/mol. The molecular weight excluding hydrogens is 314 g/mol. The fourth-order valence-electron chi connectivity index (χ4n) is 2.02. The summed E-state index contributed by atoms with van der Waals surface area (Å²) in [6.45, 7) is 3.24. The Morgan fingerprint density at radius 1 is 1.17 bits per heavy atom. The molecule has 0 aliphatic heterocycles. The van der Waals surface area contributed by atoms with E-state index in [1.165, 1.54) is 12.1 Å². The van der Waals surface area contributed by atoms with E-state index in [1.807, 2.05) is 0 Å². The highest BCUT2D eigenvalue weighted by molar-refractivity contribution is 5.94. The van der Waals surface area contributed by atoms with E-state index in [9.17, 15) is 14.4 Å². The Labute approximate surface area is 140 Å². The van der Waals surface area contributed by atoms with Gasteiger partial charge in [0.2, 0.25) is 0 Å². The van der Waals surface area contributed by atoms with Crippen LogP contribution in [0.5, 0.6) is 0 Å². The summed E-state index contributed by atoms with van der Waals surface area (Å²) in [6, 6.07) is 8.03. The summed E-state index contributed by atoms with van der Waals surface area (Å²) in [5, 5.41) is 0. The largest absolute Gasteiger partial charge is 0.461 e. The van der Waals surface area contributed by atoms with Crippen LogP contribution >= 0.6 is 0 Å². The first-order chi connectivity index (χ1) is 11.6. The first kappa shape index (κ1) is 19.6. The van der Waals surface area contributed by atoms with E-state index in [0.29, 0.717) is 0 Å². The van der Waals surface area contributed by atoms with Crippen molar-refractivity contribution < 1.29 is 28.6 Å². The van der Waals surface area contributed by atoms with Crippen LogP contribution in [-0.4, -0.2) is 43.4 Å². The molecular formula is C17H21NO6. The van der Waals surface area contributed by atoms with Crippen LogP contribution in [-0.2, 0) is 23.8 Å². The van der Waals surface area contributed by atoms with Gasteiger partial charge in [0, 0.05) is 6.61 Å². The van der Waals surface area contributed by atoms with Gasteiger partial charge in [0.25, 0.3) is 0 Å². The zero-order valence-corrected chi connectivity index (χ0v) is 13.7. The zero-order valence-electron chi connectivity index (χ0n) is 13.7. The lowest BCUT2D eigenvalue weighted by Crippen LogP contribution is -2.49. The van der Waals surface area contributed by atoms with Crippen LogP contribution in [0.4, 0.5) is 0 Å². The molecule has 0 amide bonds. The number of hydrogen-bond donors (Lipinski definition) is 1. The highest BCUT2D eigenvalue weighted by Gasteiger charge is 2.50. The molecule has 2 N–H and O–H groups in total. The molecule has 0 heterocycles. The Morgan fingerprint density at radius 2 is 1.83 bits per heavy atom. The molecule has 0 aromatic heterocycles. The molecule has 0 aliphatic carbocycles. The Morgan fingerprint density at radius 3 is 2.33 bits per heavy atom. The molecule has 7 nitrogen and oxygen atoms in total. The second-order valence-corrected chi connectivity index (χ2v) is 4.64. The number of carbonyl (C=O) groups excluding carboxylic acids is 3. The van der Waals surface area contributed by atoms with Crippen molar-refractivity contribution in [2.45, 2.75) is 26.1 Å². The van der Waals surface area contributed by atoms with Crippen molar-refractivity contribution >= 4 is 17.9 Å². The highest BCUT2D eigenvalue weighted by Crippen LogP contribution is 2.28. The van der Waals surface area contributed by atoms with E-state index >= 15 is 0 Å². The van der Waals surface area contributed by atoms with Gasteiger partial charge >= 0.3 is 17.7 Å². The molecule has 1 rings (SSSR count). The van der Waals surface area contributed by atoms with E-state index in [2.05, 4.69) is 0 Å². The predicted octanol–water partition coefficient (Wildman–Crippen LogP) is 1.25. The van der Waals surface area contributed by atoms with Crippen molar-refractivity contribution in [2.24, 2.45) is 5.73 Å². The van der Waals surface area contributed by atoms with Gasteiger partial charge in [-0.25, -0.2) is 14.4 Å². The van der Waals surface area contributed by atoms with Crippen molar-refractivity contribution in [3.63, 3.8) is 0 Å². The normalized spacial score (nSPS) is 12.6. The summed E-state index contributed by atoms with van der Waals surface area (Å²) in [4.78, 5) is 36.2. The zero-order chi connectivity index (χ0) is 18.0. The average molecular weight is 335 g/mol. The summed E-state index contributed by atoms with van der Waals surface area (Å²) in [5.41, 5.74) is 5.44. The number of benzene rings is 1. The minimum Gasteiger partial charge on any atom is -0.461 e. The molecule has 0 bridgehead atoms. The van der Waals surface area contributed by atoms with E-state index in [0.717, 1.165) is 0 Å². The van der Waals surface area contributed by atoms with Crippen molar-refractivity contribution in [1.29, 1.82) is 0 Å². The molecule has 0 aliphatic rings. The summed E-state index contributed by atoms with van der Waals surface area (Å²) in [6.07, 6.45) is -0.0373. The standard InChI is InChI=1S/C17H21NO6/c1-3-22-16(21)17(23-4-2,14(12-19)10-11-18)24-15(20)13-8-6-5-7-9-13/h5-9H,3-4,10-11,18H2,1-2H3. The maximum atomic E-state index is 12.4. The molecule has 7 heteroatoms. The molecule has 1 unspecified atom stereocenters. The molecule has 24 heavy (non-hydrogen) atoms. The molecule has 1 aromatic rings. The Kier molecular flexibility index (Phi) is 7.85. The summed E-state index contributed by atoms with van der Waals surface area (Å²) in [5.74, 6) is -2.51. The third-order valence-corrected chi connectivity index (χ3v) is 3.05. The summed E-state index contributed by atoms with van der Waals surface area (Å²) < 4.78 is 15.6. The fraction of sp³-hybridized carbons (Fsp3) is 0.412. The Bertz CT molecular complexity index is 609. The molecule has 0 saturated heterocycles. The summed E-state index contributed by atoms with van der Waals surface area (Å²) in [7, 11) is 0. The maximum Gasteiger partial charge on any atom is 0.385 e. The quantitative estimate of drug-likeness (QED) is 0.411. The molecule has 1 atom stereocenters. The number of ether oxygens (including phenoxy) is 3. The van der Waals surface area contributed by atoms with Crippen LogP contribution in [0.25, 0.3) is 0 Å². The van der Waals surface area contributed by atoms with Crippen LogP contribution in [0.2, 0.25) is 0 Å². The Balaban J connectivity index is 3.31. The topological polar surface area (TPSA) is 105 Å². The van der Waals surface area contributed by atoms with E-state index in [4.69, 9.17) is 19.9 Å². The van der Waals surface area contributed by atoms with E-state index in [1.54, 1.807) is 38.0 Å². The average Bonchev–Trinajstić information content (AvgIpc) is 2.60. The summed E-state index contributed by atoms with van der Waals surface area (Å²) >= 11 is 0. The first-order valence-corrected chi connectivity index (χ1v) is 7.59. The third kappa shape index (κ3) is 4.52. The van der Waals surface area contributed by atoms with Crippen LogP contribution in [0.3, 0.4) is 0 Å². The second-order valence-electron chi connectivity index (χ2n) is 4.64. The third-order valence-electron chi connectivity index (χ3n) is 3.05. The monoisotopic (exact) mass is 335 g/mol. The van der Waals surface area contributed by atoms with Gasteiger partial charge in [-0.05, 0) is 38.9 Å². The number of hydrogen-bond acceptors (Lipinski definition) is 7. The SMILES string of the molecule is CCOC(=O)C(OCC)(OC(=O)c1ccccc1)C(=C=O)CCN. The Hall–Kier alpha value is -2.47. The maximum absolute atomic E-state index is 12.4. The van der Waals surface area contributed by atoms with E-state index < -0.39 is 17.7 Å². The van der Waals surface area contributed by atoms with Crippen LogP contribution in [0.15, 0.2) is 35.9 Å². The number of nitrogens with two attached hydrogens (primary N) is 1. The number of rotatable bonds is 9. The van der Waals surface area contributed by atoms with Crippen molar-refractivity contribution in [2.75, 3.05) is 19.8 Å². The van der Waals surface area contributed by atoms with Crippen LogP contribution in [0, 0.1) is 0 Å². The van der Waals surface area contributed by atoms with Gasteiger partial charge in [0.05, 0.1) is 17.7 Å². The molecule has 0 saturated carbocycles. The van der Waals surface area contributed by atoms with Gasteiger partial charge in [0.1, 0.15) is 5.94 Å². The minimum absolute atomic E-state index is 0.00334. The lowest BCUT2D eigenvalue weighted by Gasteiger charge is -2.30. The second kappa shape index (κ2) is 9.62. The molecule has 1 aromatic carbocycles. The molecule has 130 valence electrons. The van der Waals surface area contributed by atoms with Gasteiger partial charge in [-0.1, -0.05) is 18.2 Å². The molecule has 0 radical (unpaired) electrons. The van der Waals surface area contributed by atoms with Gasteiger partial charge in [-0.3, -0.25) is 0 Å². The van der Waals surface area contributed by atoms with Gasteiger partial charge < -0.3 is 19.9 Å². The van der Waals surface area contributed by atoms with Crippen molar-refractivity contribution in [1.82, 2.24) is 0 Å². The first-order valence-electron chi connectivity index (χ1n) is 7.59. The van der Waals surface area contributed by atoms with Crippen LogP contribution in [0.1, 0.15) is 30.6 Å². The number of esters is 2. The van der Waals surface area contributed by atoms with Crippen LogP contribution < -0.4 is 5.73 Å². The fourth-order valence-corrected chi connectivity index (χ4v) is 2.02.